The number of nitrogens with zero attached hydrogens (tertiary/aromatic N) is 1. The Kier molecular flexibility index (Phi) is 8.62. The van der Waals surface area contributed by atoms with Crippen LogP contribution in [0, 0.1) is 23.0 Å². The predicted molar refractivity (Wildman–Crippen MR) is 143 cm³/mol. The number of amides is 1. The molecule has 1 atom stereocenters. The zero-order chi connectivity index (χ0) is 27.1. The van der Waals surface area contributed by atoms with Crippen LogP contribution in [0.4, 0.5) is 8.78 Å². The third-order valence-electron chi connectivity index (χ3n) is 6.42. The Bertz CT molecular complexity index is 1540. The number of carbonyl (C=O) groups excluding carboxylic acids is 1. The smallest absolute Gasteiger partial charge is 0.256 e. The molecular formula is C30H28F2N4O2. The molecule has 1 aromatic heterocycles. The second-order valence-electron chi connectivity index (χ2n) is 9.16. The average Bonchev–Trinajstić information content (AvgIpc) is 2.90. The SMILES string of the molecule is CCc1cccc(CNCCC(Cc2cc(F)cc(F)c2)NC(=O)c2c[nH]c3c(C#N)cccc3c2=O)c1. The van der Waals surface area contributed by atoms with Crippen LogP contribution in [0.5, 0.6) is 0 Å². The van der Waals surface area contributed by atoms with Gasteiger partial charge in [0.1, 0.15) is 23.3 Å². The van der Waals surface area contributed by atoms with Crippen LogP contribution >= 0.6 is 0 Å². The summed E-state index contributed by atoms with van der Waals surface area (Å²) in [6.07, 6.45) is 2.87. The number of halogens is 2. The van der Waals surface area contributed by atoms with Gasteiger partial charge in [-0.1, -0.05) is 37.3 Å². The van der Waals surface area contributed by atoms with Crippen molar-refractivity contribution >= 4 is 16.8 Å². The zero-order valence-corrected chi connectivity index (χ0v) is 21.0. The van der Waals surface area contributed by atoms with Gasteiger partial charge in [-0.05, 0) is 66.8 Å². The molecule has 0 saturated heterocycles. The molecule has 0 aliphatic carbocycles. The maximum atomic E-state index is 13.8. The van der Waals surface area contributed by atoms with Gasteiger partial charge in [0.2, 0.25) is 5.43 Å². The van der Waals surface area contributed by atoms with Crippen LogP contribution in [0.25, 0.3) is 10.9 Å². The topological polar surface area (TPSA) is 97.8 Å². The summed E-state index contributed by atoms with van der Waals surface area (Å²) in [5.74, 6) is -2.00. The molecule has 3 aromatic carbocycles. The summed E-state index contributed by atoms with van der Waals surface area (Å²) < 4.78 is 27.6. The highest BCUT2D eigenvalue weighted by Gasteiger charge is 2.19. The molecule has 0 radical (unpaired) electrons. The van der Waals surface area contributed by atoms with E-state index in [2.05, 4.69) is 34.7 Å². The van der Waals surface area contributed by atoms with E-state index in [0.29, 0.717) is 36.2 Å². The van der Waals surface area contributed by atoms with Crippen LogP contribution in [0.2, 0.25) is 0 Å². The standard InChI is InChI=1S/C30H28F2N4O2/c1-2-19-5-3-6-20(11-19)17-34-10-9-25(14-21-12-23(31)15-24(32)13-21)36-30(38)27-18-35-28-22(16-33)7-4-8-26(28)29(27)37/h3-8,11-13,15,18,25,34H,2,9-10,14,17H2,1H3,(H,35,37)(H,36,38). The summed E-state index contributed by atoms with van der Waals surface area (Å²) in [7, 11) is 0. The number of hydrogen-bond acceptors (Lipinski definition) is 4. The van der Waals surface area contributed by atoms with Crippen LogP contribution in [-0.2, 0) is 19.4 Å². The lowest BCUT2D eigenvalue weighted by Crippen LogP contribution is -2.40. The molecule has 8 heteroatoms. The first-order valence-corrected chi connectivity index (χ1v) is 12.5. The van der Waals surface area contributed by atoms with Gasteiger partial charge in [-0.25, -0.2) is 8.78 Å². The number of nitrogens with one attached hydrogen (secondary N) is 3. The van der Waals surface area contributed by atoms with Crippen molar-refractivity contribution in [3.63, 3.8) is 0 Å². The monoisotopic (exact) mass is 514 g/mol. The summed E-state index contributed by atoms with van der Waals surface area (Å²) in [5.41, 5.74) is 2.83. The van der Waals surface area contributed by atoms with E-state index in [9.17, 15) is 23.6 Å². The third-order valence-corrected chi connectivity index (χ3v) is 6.42. The normalized spacial score (nSPS) is 11.7. The number of para-hydroxylation sites is 1. The molecule has 3 N–H and O–H groups in total. The van der Waals surface area contributed by atoms with Gasteiger partial charge in [0.25, 0.3) is 5.91 Å². The zero-order valence-electron chi connectivity index (χ0n) is 21.0. The van der Waals surface area contributed by atoms with Gasteiger partial charge < -0.3 is 15.6 Å². The molecule has 0 spiro atoms. The lowest BCUT2D eigenvalue weighted by atomic mass is 10.0. The highest BCUT2D eigenvalue weighted by molar-refractivity contribution is 5.98. The molecule has 0 fully saturated rings. The number of aromatic amines is 1. The fraction of sp³-hybridized carbons (Fsp3) is 0.233. The summed E-state index contributed by atoms with van der Waals surface area (Å²) in [6.45, 7) is 3.26. The van der Waals surface area contributed by atoms with E-state index >= 15 is 0 Å². The van der Waals surface area contributed by atoms with Crippen LogP contribution in [0.3, 0.4) is 0 Å². The molecular weight excluding hydrogens is 486 g/mol. The summed E-state index contributed by atoms with van der Waals surface area (Å²) in [4.78, 5) is 29.1. The minimum atomic E-state index is -0.696. The second kappa shape index (κ2) is 12.3. The van der Waals surface area contributed by atoms with Gasteiger partial charge in [0, 0.05) is 30.2 Å². The van der Waals surface area contributed by atoms with Gasteiger partial charge >= 0.3 is 0 Å². The highest BCUT2D eigenvalue weighted by atomic mass is 19.1. The molecule has 38 heavy (non-hydrogen) atoms. The minimum Gasteiger partial charge on any atom is -0.359 e. The molecule has 0 saturated carbocycles. The summed E-state index contributed by atoms with van der Waals surface area (Å²) >= 11 is 0. The van der Waals surface area contributed by atoms with Gasteiger partial charge in [-0.2, -0.15) is 5.26 Å². The summed E-state index contributed by atoms with van der Waals surface area (Å²) in [6, 6.07) is 17.8. The van der Waals surface area contributed by atoms with E-state index in [4.69, 9.17) is 0 Å². The Morgan fingerprint density at radius 2 is 1.76 bits per heavy atom. The van der Waals surface area contributed by atoms with E-state index in [-0.39, 0.29) is 17.4 Å². The molecule has 1 unspecified atom stereocenters. The number of fused-ring (bicyclic) bond motifs is 1. The minimum absolute atomic E-state index is 0.104. The number of aromatic nitrogens is 1. The fourth-order valence-electron chi connectivity index (χ4n) is 4.48. The van der Waals surface area contributed by atoms with Crippen molar-refractivity contribution in [2.24, 2.45) is 0 Å². The number of benzene rings is 3. The Hall–Kier alpha value is -4.35. The van der Waals surface area contributed by atoms with Crippen LogP contribution < -0.4 is 16.1 Å². The Balaban J connectivity index is 1.51. The Labute approximate surface area is 219 Å². The van der Waals surface area contributed by atoms with Gasteiger partial charge in [-0.3, -0.25) is 9.59 Å². The lowest BCUT2D eigenvalue weighted by molar-refractivity contribution is 0.0933. The van der Waals surface area contributed by atoms with Crippen molar-refractivity contribution in [2.45, 2.75) is 38.8 Å². The van der Waals surface area contributed by atoms with Crippen molar-refractivity contribution in [3.05, 3.63) is 117 Å². The maximum Gasteiger partial charge on any atom is 0.256 e. The van der Waals surface area contributed by atoms with Crippen molar-refractivity contribution in [3.8, 4) is 6.07 Å². The molecule has 0 aliphatic rings. The molecule has 1 amide bonds. The van der Waals surface area contributed by atoms with Gasteiger partial charge in [-0.15, -0.1) is 0 Å². The number of pyridine rings is 1. The molecule has 194 valence electrons. The van der Waals surface area contributed by atoms with Crippen LogP contribution in [-0.4, -0.2) is 23.5 Å². The van der Waals surface area contributed by atoms with Crippen molar-refractivity contribution in [2.75, 3.05) is 6.54 Å². The van der Waals surface area contributed by atoms with E-state index in [0.717, 1.165) is 18.1 Å². The van der Waals surface area contributed by atoms with Crippen molar-refractivity contribution in [1.29, 1.82) is 5.26 Å². The van der Waals surface area contributed by atoms with E-state index in [1.807, 2.05) is 18.2 Å². The number of aryl methyl sites for hydroxylation is 1. The highest BCUT2D eigenvalue weighted by Crippen LogP contribution is 2.15. The van der Waals surface area contributed by atoms with Crippen molar-refractivity contribution in [1.82, 2.24) is 15.6 Å². The first-order valence-electron chi connectivity index (χ1n) is 12.5. The van der Waals surface area contributed by atoms with E-state index < -0.39 is 29.0 Å². The first-order chi connectivity index (χ1) is 18.4. The molecule has 0 bridgehead atoms. The number of rotatable bonds is 10. The number of hydrogen-bond donors (Lipinski definition) is 3. The van der Waals surface area contributed by atoms with Crippen molar-refractivity contribution < 1.29 is 13.6 Å². The van der Waals surface area contributed by atoms with Crippen LogP contribution in [0.1, 0.15) is 46.0 Å². The van der Waals surface area contributed by atoms with Crippen LogP contribution in [0.15, 0.2) is 71.7 Å². The molecule has 6 nitrogen and oxygen atoms in total. The largest absolute Gasteiger partial charge is 0.359 e. The van der Waals surface area contributed by atoms with E-state index in [1.165, 1.54) is 23.9 Å². The average molecular weight is 515 g/mol. The lowest BCUT2D eigenvalue weighted by Gasteiger charge is -2.20. The molecule has 4 rings (SSSR count). The second-order valence-corrected chi connectivity index (χ2v) is 9.16. The summed E-state index contributed by atoms with van der Waals surface area (Å²) in [5, 5.41) is 15.7. The number of H-pyrrole nitrogens is 1. The number of carbonyl (C=O) groups is 1. The fourth-order valence-corrected chi connectivity index (χ4v) is 4.48. The number of nitriles is 1. The molecule has 1 heterocycles. The predicted octanol–water partition coefficient (Wildman–Crippen LogP) is 4.76. The van der Waals surface area contributed by atoms with Gasteiger partial charge in [0.15, 0.2) is 0 Å². The Morgan fingerprint density at radius 3 is 2.50 bits per heavy atom. The quantitative estimate of drug-likeness (QED) is 0.266. The molecule has 4 aromatic rings. The molecule has 0 aliphatic heterocycles. The first kappa shape index (κ1) is 26.7. The third kappa shape index (κ3) is 6.50. The van der Waals surface area contributed by atoms with E-state index in [1.54, 1.807) is 18.2 Å². The van der Waals surface area contributed by atoms with Gasteiger partial charge in [0.05, 0.1) is 11.1 Å². The maximum absolute atomic E-state index is 13.8. The Morgan fingerprint density at radius 1 is 1.03 bits per heavy atom.